The Hall–Kier alpha value is -3.96. The molecule has 1 saturated heterocycles. The number of carbonyl (C=O) groups is 3. The molecule has 2 aromatic heterocycles. The Kier molecular flexibility index (Phi) is 11.9. The van der Waals surface area contributed by atoms with Gasteiger partial charge in [-0.2, -0.15) is 5.26 Å². The zero-order valence-corrected chi connectivity index (χ0v) is 25.1. The quantitative estimate of drug-likeness (QED) is 0.352. The van der Waals surface area contributed by atoms with Crippen LogP contribution in [0.5, 0.6) is 0 Å². The molecule has 2 atom stereocenters. The Bertz CT molecular complexity index is 1250. The van der Waals surface area contributed by atoms with E-state index in [1.165, 1.54) is 10.9 Å². The first-order valence-electron chi connectivity index (χ1n) is 14.1. The highest BCUT2D eigenvalue weighted by molar-refractivity contribution is 5.94. The van der Waals surface area contributed by atoms with Crippen molar-refractivity contribution in [1.82, 2.24) is 30.1 Å². The van der Waals surface area contributed by atoms with Gasteiger partial charge in [0, 0.05) is 39.4 Å². The molecule has 42 heavy (non-hydrogen) atoms. The average molecular weight is 587 g/mol. The Balaban J connectivity index is 1.43. The van der Waals surface area contributed by atoms with Crippen molar-refractivity contribution in [3.05, 3.63) is 18.6 Å². The minimum atomic E-state index is -0.546. The number of amides is 3. The number of nitriles is 1. The number of piperidine rings is 1. The van der Waals surface area contributed by atoms with E-state index in [2.05, 4.69) is 27.5 Å². The maximum absolute atomic E-state index is 12.9. The van der Waals surface area contributed by atoms with E-state index in [0.29, 0.717) is 70.0 Å². The first-order chi connectivity index (χ1) is 20.0. The van der Waals surface area contributed by atoms with E-state index in [-0.39, 0.29) is 24.4 Å². The van der Waals surface area contributed by atoms with Crippen LogP contribution in [0.15, 0.2) is 18.6 Å². The highest BCUT2D eigenvalue weighted by atomic mass is 16.6. The molecule has 2 aromatic rings. The summed E-state index contributed by atoms with van der Waals surface area (Å²) in [7, 11) is 1.93. The summed E-state index contributed by atoms with van der Waals surface area (Å²) in [6.07, 6.45) is 3.28. The molecule has 0 bridgehead atoms. The first kappa shape index (κ1) is 32.6. The zero-order chi connectivity index (χ0) is 30.7. The lowest BCUT2D eigenvalue weighted by atomic mass is 9.92. The number of likely N-dealkylation sites (tertiary alicyclic amines) is 1. The second-order valence-corrected chi connectivity index (χ2v) is 11.1. The number of likely N-dealkylation sites (N-methyl/N-ethyl adjacent to an activating group) is 1. The highest BCUT2D eigenvalue weighted by Crippen LogP contribution is 2.29. The van der Waals surface area contributed by atoms with E-state index in [1.807, 2.05) is 18.0 Å². The molecule has 3 heterocycles. The molecule has 14 nitrogen and oxygen atoms in total. The summed E-state index contributed by atoms with van der Waals surface area (Å²) in [4.78, 5) is 49.4. The van der Waals surface area contributed by atoms with Crippen molar-refractivity contribution in [3.8, 4) is 6.07 Å². The van der Waals surface area contributed by atoms with Gasteiger partial charge in [0.25, 0.3) is 0 Å². The van der Waals surface area contributed by atoms with E-state index < -0.39 is 11.7 Å². The summed E-state index contributed by atoms with van der Waals surface area (Å²) in [5, 5.41) is 15.1. The number of nitrogens with zero attached hydrogens (tertiary/aromatic N) is 6. The van der Waals surface area contributed by atoms with Crippen LogP contribution in [-0.2, 0) is 19.0 Å². The van der Waals surface area contributed by atoms with Crippen molar-refractivity contribution in [2.45, 2.75) is 52.2 Å². The molecular formula is C28H42N8O6. The Morgan fingerprint density at radius 1 is 1.12 bits per heavy atom. The Morgan fingerprint density at radius 3 is 2.48 bits per heavy atom. The molecule has 3 rings (SSSR count). The van der Waals surface area contributed by atoms with Gasteiger partial charge in [-0.3, -0.25) is 9.36 Å². The molecule has 0 radical (unpaired) electrons. The lowest BCUT2D eigenvalue weighted by Crippen LogP contribution is -2.52. The maximum Gasteiger partial charge on any atom is 0.407 e. The van der Waals surface area contributed by atoms with Crippen LogP contribution in [0.4, 0.5) is 15.4 Å². The third-order valence-corrected chi connectivity index (χ3v) is 6.82. The fourth-order valence-electron chi connectivity index (χ4n) is 4.68. The van der Waals surface area contributed by atoms with Crippen LogP contribution in [0.1, 0.15) is 40.5 Å². The topological polar surface area (TPSA) is 164 Å². The second kappa shape index (κ2) is 15.3. The van der Waals surface area contributed by atoms with Crippen LogP contribution in [-0.4, -0.2) is 109 Å². The smallest absolute Gasteiger partial charge is 0.407 e. The van der Waals surface area contributed by atoms with Crippen LogP contribution in [0, 0.1) is 17.2 Å². The highest BCUT2D eigenvalue weighted by Gasteiger charge is 2.33. The van der Waals surface area contributed by atoms with Crippen molar-refractivity contribution >= 4 is 34.9 Å². The van der Waals surface area contributed by atoms with Gasteiger partial charge < -0.3 is 34.6 Å². The molecule has 0 spiro atoms. The summed E-state index contributed by atoms with van der Waals surface area (Å²) < 4.78 is 17.5. The lowest BCUT2D eigenvalue weighted by molar-refractivity contribution is -0.131. The minimum Gasteiger partial charge on any atom is -0.444 e. The van der Waals surface area contributed by atoms with Crippen molar-refractivity contribution in [2.75, 3.05) is 64.6 Å². The van der Waals surface area contributed by atoms with Crippen molar-refractivity contribution in [1.29, 1.82) is 5.26 Å². The van der Waals surface area contributed by atoms with Gasteiger partial charge >= 0.3 is 12.1 Å². The number of fused-ring (bicyclic) bond motifs is 1. The Labute approximate surface area is 246 Å². The van der Waals surface area contributed by atoms with E-state index in [4.69, 9.17) is 19.5 Å². The SMILES string of the molecule is C[C@@H]1CCN(C(=O)CC#N)CC1N(C)c1ncnc2c1ccn2C(=O)NCCOCCOCCNC(=O)OC(C)(C)C. The first-order valence-corrected chi connectivity index (χ1v) is 14.1. The largest absolute Gasteiger partial charge is 0.444 e. The fraction of sp³-hybridized carbons (Fsp3) is 0.643. The van der Waals surface area contributed by atoms with Crippen LogP contribution >= 0.6 is 0 Å². The maximum atomic E-state index is 12.9. The fourth-order valence-corrected chi connectivity index (χ4v) is 4.68. The number of aromatic nitrogens is 3. The van der Waals surface area contributed by atoms with E-state index >= 15 is 0 Å². The molecule has 14 heteroatoms. The molecule has 1 fully saturated rings. The molecule has 0 saturated carbocycles. The van der Waals surface area contributed by atoms with Gasteiger partial charge in [-0.25, -0.2) is 19.6 Å². The van der Waals surface area contributed by atoms with E-state index in [1.54, 1.807) is 37.9 Å². The Morgan fingerprint density at radius 2 is 1.81 bits per heavy atom. The van der Waals surface area contributed by atoms with Gasteiger partial charge in [0.15, 0.2) is 5.65 Å². The third kappa shape index (κ3) is 9.28. The lowest BCUT2D eigenvalue weighted by Gasteiger charge is -2.42. The van der Waals surface area contributed by atoms with Crippen LogP contribution in [0.25, 0.3) is 11.0 Å². The van der Waals surface area contributed by atoms with Crippen LogP contribution in [0.3, 0.4) is 0 Å². The molecule has 3 amide bonds. The standard InChI is InChI=1S/C28H42N8O6/c1-20-7-12-35(23(37)6-9-29)18-22(20)34(5)24-21-8-13-36(25(21)33-19-32-24)26(38)30-10-14-40-16-17-41-15-11-31-27(39)42-28(2,3)4/h8,13,19-20,22H,6-7,10-12,14-18H2,1-5H3,(H,30,38)(H,31,39)/t20-,22?/m1/s1. The average Bonchev–Trinajstić information content (AvgIpc) is 3.37. The van der Waals surface area contributed by atoms with Crippen LogP contribution < -0.4 is 15.5 Å². The summed E-state index contributed by atoms with van der Waals surface area (Å²) >= 11 is 0. The van der Waals surface area contributed by atoms with Gasteiger partial charge in [-0.05, 0) is 39.2 Å². The predicted octanol–water partition coefficient (Wildman–Crippen LogP) is 2.13. The van der Waals surface area contributed by atoms with Crippen molar-refractivity contribution in [3.63, 3.8) is 0 Å². The number of ether oxygens (including phenoxy) is 3. The normalized spacial score (nSPS) is 17.0. The predicted molar refractivity (Wildman–Crippen MR) is 155 cm³/mol. The molecule has 0 aromatic carbocycles. The van der Waals surface area contributed by atoms with Gasteiger partial charge in [0.1, 0.15) is 24.2 Å². The molecule has 1 unspecified atom stereocenters. The number of nitrogens with one attached hydrogen (secondary N) is 2. The molecular weight excluding hydrogens is 544 g/mol. The van der Waals surface area contributed by atoms with Gasteiger partial charge in [-0.1, -0.05) is 6.92 Å². The summed E-state index contributed by atoms with van der Waals surface area (Å²) in [6.45, 7) is 10.6. The monoisotopic (exact) mass is 586 g/mol. The molecule has 1 aliphatic heterocycles. The minimum absolute atomic E-state index is 0.000892. The van der Waals surface area contributed by atoms with Crippen molar-refractivity contribution < 1.29 is 28.6 Å². The third-order valence-electron chi connectivity index (χ3n) is 6.82. The number of anilines is 1. The number of hydrogen-bond donors (Lipinski definition) is 2. The van der Waals surface area contributed by atoms with Crippen LogP contribution in [0.2, 0.25) is 0 Å². The van der Waals surface area contributed by atoms with E-state index in [9.17, 15) is 14.4 Å². The summed E-state index contributed by atoms with van der Waals surface area (Å²) in [5.41, 5.74) is -0.0739. The van der Waals surface area contributed by atoms with Gasteiger partial charge in [0.05, 0.1) is 43.9 Å². The van der Waals surface area contributed by atoms with E-state index in [0.717, 1.165) is 11.8 Å². The number of alkyl carbamates (subject to hydrolysis) is 1. The molecule has 0 aliphatic carbocycles. The summed E-state index contributed by atoms with van der Waals surface area (Å²) in [6, 6.07) is 3.40. The zero-order valence-electron chi connectivity index (χ0n) is 25.1. The van der Waals surface area contributed by atoms with Gasteiger partial charge in [-0.15, -0.1) is 0 Å². The molecule has 2 N–H and O–H groups in total. The number of carbonyl (C=O) groups excluding carboxylic acids is 3. The molecule has 1 aliphatic rings. The number of rotatable bonds is 12. The second-order valence-electron chi connectivity index (χ2n) is 11.1. The summed E-state index contributed by atoms with van der Waals surface area (Å²) in [5.74, 6) is 0.806. The number of hydrogen-bond acceptors (Lipinski definition) is 10. The van der Waals surface area contributed by atoms with Gasteiger partial charge in [0.2, 0.25) is 5.91 Å². The van der Waals surface area contributed by atoms with Crippen molar-refractivity contribution in [2.24, 2.45) is 5.92 Å². The molecule has 230 valence electrons.